The van der Waals surface area contributed by atoms with Gasteiger partial charge in [-0.2, -0.15) is 0 Å². The minimum atomic E-state index is -0.202. The van der Waals surface area contributed by atoms with Crippen molar-refractivity contribution in [2.45, 2.75) is 26.8 Å². The van der Waals surface area contributed by atoms with E-state index in [-0.39, 0.29) is 11.9 Å². The molecule has 0 aliphatic carbocycles. The van der Waals surface area contributed by atoms with Crippen molar-refractivity contribution < 1.29 is 4.79 Å². The van der Waals surface area contributed by atoms with Crippen LogP contribution in [-0.2, 0) is 0 Å². The Morgan fingerprint density at radius 3 is 2.55 bits per heavy atom. The van der Waals surface area contributed by atoms with E-state index in [0.717, 1.165) is 11.3 Å². The number of amides is 1. The largest absolute Gasteiger partial charge is 0.368 e. The summed E-state index contributed by atoms with van der Waals surface area (Å²) in [5, 5.41) is 6.06. The summed E-state index contributed by atoms with van der Waals surface area (Å²) in [5.41, 5.74) is 2.23. The van der Waals surface area contributed by atoms with Crippen molar-refractivity contribution in [1.29, 1.82) is 0 Å². The molecule has 4 nitrogen and oxygen atoms in total. The molecule has 0 spiro atoms. The number of aryl methyl sites for hydroxylation is 1. The average molecular weight is 269 g/mol. The van der Waals surface area contributed by atoms with Crippen molar-refractivity contribution in [3.63, 3.8) is 0 Å². The Bertz CT molecular complexity index is 608. The highest BCUT2D eigenvalue weighted by molar-refractivity contribution is 6.03. The van der Waals surface area contributed by atoms with Crippen LogP contribution in [0.1, 0.15) is 29.9 Å². The second kappa shape index (κ2) is 6.19. The van der Waals surface area contributed by atoms with Crippen LogP contribution in [0.4, 0.5) is 11.5 Å². The summed E-state index contributed by atoms with van der Waals surface area (Å²) in [6, 6.07) is 13.3. The number of pyridine rings is 1. The highest BCUT2D eigenvalue weighted by Gasteiger charge is 2.09. The number of aromatic nitrogens is 1. The summed E-state index contributed by atoms with van der Waals surface area (Å²) in [6.07, 6.45) is 0. The predicted octanol–water partition coefficient (Wildman–Crippen LogP) is 3.46. The van der Waals surface area contributed by atoms with Gasteiger partial charge in [-0.05, 0) is 44.5 Å². The van der Waals surface area contributed by atoms with Gasteiger partial charge in [0.15, 0.2) is 0 Å². The van der Waals surface area contributed by atoms with E-state index in [2.05, 4.69) is 15.6 Å². The second-order valence-electron chi connectivity index (χ2n) is 4.98. The van der Waals surface area contributed by atoms with Crippen LogP contribution >= 0.6 is 0 Å². The Morgan fingerprint density at radius 2 is 1.85 bits per heavy atom. The number of hydrogen-bond acceptors (Lipinski definition) is 3. The molecule has 0 aliphatic rings. The smallest absolute Gasteiger partial charge is 0.274 e. The zero-order valence-corrected chi connectivity index (χ0v) is 12.0. The fraction of sp³-hybridized carbons (Fsp3) is 0.250. The van der Waals surface area contributed by atoms with Crippen LogP contribution in [0.25, 0.3) is 0 Å². The van der Waals surface area contributed by atoms with Crippen molar-refractivity contribution in [1.82, 2.24) is 4.98 Å². The molecule has 2 aromatic rings. The number of para-hydroxylation sites is 1. The molecule has 1 aromatic carbocycles. The first kappa shape index (κ1) is 14.1. The number of carbonyl (C=O) groups is 1. The maximum Gasteiger partial charge on any atom is 0.274 e. The van der Waals surface area contributed by atoms with E-state index in [9.17, 15) is 4.79 Å². The molecule has 104 valence electrons. The Morgan fingerprint density at radius 1 is 1.10 bits per heavy atom. The summed E-state index contributed by atoms with van der Waals surface area (Å²) >= 11 is 0. The lowest BCUT2D eigenvalue weighted by Crippen LogP contribution is -2.16. The Labute approximate surface area is 119 Å². The quantitative estimate of drug-likeness (QED) is 0.893. The van der Waals surface area contributed by atoms with Crippen LogP contribution in [0.3, 0.4) is 0 Å². The van der Waals surface area contributed by atoms with Gasteiger partial charge in [0.1, 0.15) is 11.5 Å². The third kappa shape index (κ3) is 3.57. The lowest BCUT2D eigenvalue weighted by molar-refractivity contribution is 0.102. The molecule has 1 heterocycles. The van der Waals surface area contributed by atoms with Gasteiger partial charge in [-0.3, -0.25) is 4.79 Å². The fourth-order valence-corrected chi connectivity index (χ4v) is 1.84. The topological polar surface area (TPSA) is 54.0 Å². The standard InChI is InChI=1S/C16H19N3O/c1-11(2)17-15-10-6-9-14(18-15)16(20)19-13-8-5-4-7-12(13)3/h4-11H,1-3H3,(H,17,18)(H,19,20). The lowest BCUT2D eigenvalue weighted by Gasteiger charge is -2.11. The Balaban J connectivity index is 2.15. The third-order valence-electron chi connectivity index (χ3n) is 2.81. The SMILES string of the molecule is Cc1ccccc1NC(=O)c1cccc(NC(C)C)n1. The lowest BCUT2D eigenvalue weighted by atomic mass is 10.2. The minimum absolute atomic E-state index is 0.202. The molecule has 0 atom stereocenters. The molecule has 1 aromatic heterocycles. The van der Waals surface area contributed by atoms with E-state index in [1.807, 2.05) is 57.2 Å². The summed E-state index contributed by atoms with van der Waals surface area (Å²) in [7, 11) is 0. The summed E-state index contributed by atoms with van der Waals surface area (Å²) in [5.74, 6) is 0.504. The molecule has 1 amide bonds. The Kier molecular flexibility index (Phi) is 4.35. The number of anilines is 2. The highest BCUT2D eigenvalue weighted by atomic mass is 16.1. The number of nitrogens with one attached hydrogen (secondary N) is 2. The van der Waals surface area contributed by atoms with Gasteiger partial charge in [-0.15, -0.1) is 0 Å². The second-order valence-corrected chi connectivity index (χ2v) is 4.98. The molecule has 0 radical (unpaired) electrons. The molecule has 0 bridgehead atoms. The van der Waals surface area contributed by atoms with Gasteiger partial charge in [-0.25, -0.2) is 4.98 Å². The van der Waals surface area contributed by atoms with Crippen LogP contribution in [0.5, 0.6) is 0 Å². The van der Waals surface area contributed by atoms with Crippen molar-refractivity contribution in [3.05, 3.63) is 53.7 Å². The van der Waals surface area contributed by atoms with E-state index in [0.29, 0.717) is 11.5 Å². The molecular weight excluding hydrogens is 250 g/mol. The molecule has 20 heavy (non-hydrogen) atoms. The molecule has 2 N–H and O–H groups in total. The number of benzene rings is 1. The molecule has 0 saturated heterocycles. The summed E-state index contributed by atoms with van der Waals surface area (Å²) < 4.78 is 0. The van der Waals surface area contributed by atoms with Gasteiger partial charge in [0.2, 0.25) is 0 Å². The van der Waals surface area contributed by atoms with Crippen LogP contribution in [-0.4, -0.2) is 16.9 Å². The summed E-state index contributed by atoms with van der Waals surface area (Å²) in [6.45, 7) is 6.02. The van der Waals surface area contributed by atoms with Gasteiger partial charge in [-0.1, -0.05) is 24.3 Å². The molecule has 4 heteroatoms. The highest BCUT2D eigenvalue weighted by Crippen LogP contribution is 2.15. The average Bonchev–Trinajstić information content (AvgIpc) is 2.41. The van der Waals surface area contributed by atoms with Gasteiger partial charge in [0.25, 0.3) is 5.91 Å². The predicted molar refractivity (Wildman–Crippen MR) is 82.1 cm³/mol. The van der Waals surface area contributed by atoms with Crippen LogP contribution < -0.4 is 10.6 Å². The molecule has 2 rings (SSSR count). The van der Waals surface area contributed by atoms with Gasteiger partial charge >= 0.3 is 0 Å². The molecular formula is C16H19N3O. The maximum atomic E-state index is 12.2. The normalized spacial score (nSPS) is 10.4. The fourth-order valence-electron chi connectivity index (χ4n) is 1.84. The van der Waals surface area contributed by atoms with Crippen LogP contribution in [0, 0.1) is 6.92 Å². The van der Waals surface area contributed by atoms with E-state index < -0.39 is 0 Å². The molecule has 0 saturated carbocycles. The zero-order valence-electron chi connectivity index (χ0n) is 12.0. The van der Waals surface area contributed by atoms with Gasteiger partial charge in [0, 0.05) is 11.7 Å². The van der Waals surface area contributed by atoms with Gasteiger partial charge in [0.05, 0.1) is 0 Å². The zero-order chi connectivity index (χ0) is 14.5. The minimum Gasteiger partial charge on any atom is -0.368 e. The van der Waals surface area contributed by atoms with Crippen molar-refractivity contribution in [2.24, 2.45) is 0 Å². The first-order chi connectivity index (χ1) is 9.56. The number of hydrogen-bond donors (Lipinski definition) is 2. The van der Waals surface area contributed by atoms with Crippen LogP contribution in [0.2, 0.25) is 0 Å². The van der Waals surface area contributed by atoms with Crippen molar-refractivity contribution >= 4 is 17.4 Å². The van der Waals surface area contributed by atoms with Gasteiger partial charge < -0.3 is 10.6 Å². The Hall–Kier alpha value is -2.36. The van der Waals surface area contributed by atoms with E-state index in [1.54, 1.807) is 6.07 Å². The maximum absolute atomic E-state index is 12.2. The van der Waals surface area contributed by atoms with Crippen molar-refractivity contribution in [3.8, 4) is 0 Å². The molecule has 0 fully saturated rings. The van der Waals surface area contributed by atoms with Crippen molar-refractivity contribution in [2.75, 3.05) is 10.6 Å². The molecule has 0 aliphatic heterocycles. The number of carbonyl (C=O) groups excluding carboxylic acids is 1. The first-order valence-corrected chi connectivity index (χ1v) is 6.67. The number of nitrogens with zero attached hydrogens (tertiary/aromatic N) is 1. The summed E-state index contributed by atoms with van der Waals surface area (Å²) in [4.78, 5) is 16.5. The number of rotatable bonds is 4. The first-order valence-electron chi connectivity index (χ1n) is 6.67. The molecule has 0 unspecified atom stereocenters. The monoisotopic (exact) mass is 269 g/mol. The van der Waals surface area contributed by atoms with E-state index in [1.165, 1.54) is 0 Å². The van der Waals surface area contributed by atoms with Crippen LogP contribution in [0.15, 0.2) is 42.5 Å². The van der Waals surface area contributed by atoms with E-state index in [4.69, 9.17) is 0 Å². The van der Waals surface area contributed by atoms with E-state index >= 15 is 0 Å². The third-order valence-corrected chi connectivity index (χ3v) is 2.81.